The van der Waals surface area contributed by atoms with Crippen LogP contribution in [0.2, 0.25) is 0 Å². The predicted molar refractivity (Wildman–Crippen MR) is 54.5 cm³/mol. The number of hydrogen-bond donors (Lipinski definition) is 3. The largest absolute Gasteiger partial charge is 0.465 e. The lowest BCUT2D eigenvalue weighted by molar-refractivity contribution is -0.0619. The zero-order chi connectivity index (χ0) is 11.9. The Balaban J connectivity index is 2.14. The summed E-state index contributed by atoms with van der Waals surface area (Å²) in [6.45, 7) is 3.47. The van der Waals surface area contributed by atoms with Crippen LogP contribution in [-0.2, 0) is 0 Å². The van der Waals surface area contributed by atoms with Crippen molar-refractivity contribution in [1.82, 2.24) is 15.1 Å². The highest BCUT2D eigenvalue weighted by Gasteiger charge is 2.54. The van der Waals surface area contributed by atoms with E-state index in [9.17, 15) is 9.59 Å². The van der Waals surface area contributed by atoms with E-state index >= 15 is 0 Å². The van der Waals surface area contributed by atoms with Crippen LogP contribution >= 0.6 is 0 Å². The van der Waals surface area contributed by atoms with Crippen molar-refractivity contribution in [2.24, 2.45) is 0 Å². The molecule has 2 heterocycles. The molecule has 2 saturated heterocycles. The van der Waals surface area contributed by atoms with Crippen molar-refractivity contribution in [1.29, 1.82) is 0 Å². The van der Waals surface area contributed by atoms with Crippen molar-refractivity contribution in [3.63, 3.8) is 0 Å². The molecule has 0 aliphatic carbocycles. The Morgan fingerprint density at radius 3 is 2.44 bits per heavy atom. The molecule has 7 heteroatoms. The monoisotopic (exact) mass is 229 g/mol. The van der Waals surface area contributed by atoms with E-state index in [0.717, 1.165) is 0 Å². The first kappa shape index (κ1) is 11.0. The molecule has 1 atom stereocenters. The summed E-state index contributed by atoms with van der Waals surface area (Å²) < 4.78 is 0. The quantitative estimate of drug-likeness (QED) is 0.530. The molecule has 0 aromatic heterocycles. The fourth-order valence-electron chi connectivity index (χ4n) is 2.61. The number of nitrogens with zero attached hydrogens (tertiary/aromatic N) is 2. The maximum Gasteiger partial charge on any atom is 0.408 e. The number of carboxylic acid groups (broad SMARTS) is 2. The zero-order valence-electron chi connectivity index (χ0n) is 9.01. The van der Waals surface area contributed by atoms with Gasteiger partial charge >= 0.3 is 12.2 Å². The number of nitrogens with one attached hydrogen (secondary N) is 1. The first-order chi connectivity index (χ1) is 7.46. The molecule has 3 N–H and O–H groups in total. The van der Waals surface area contributed by atoms with Crippen LogP contribution in [0.15, 0.2) is 0 Å². The highest BCUT2D eigenvalue weighted by Crippen LogP contribution is 2.31. The Bertz CT molecular complexity index is 327. The van der Waals surface area contributed by atoms with Gasteiger partial charge in [0.15, 0.2) is 0 Å². The van der Waals surface area contributed by atoms with Gasteiger partial charge in [-0.2, -0.15) is 0 Å². The van der Waals surface area contributed by atoms with Gasteiger partial charge in [-0.1, -0.05) is 0 Å². The summed E-state index contributed by atoms with van der Waals surface area (Å²) >= 11 is 0. The van der Waals surface area contributed by atoms with Crippen molar-refractivity contribution in [3.8, 4) is 0 Å². The number of amides is 2. The number of carbonyl (C=O) groups is 2. The van der Waals surface area contributed by atoms with Gasteiger partial charge in [0.1, 0.15) is 0 Å². The van der Waals surface area contributed by atoms with E-state index in [1.54, 1.807) is 0 Å². The molecular weight excluding hydrogens is 214 g/mol. The Morgan fingerprint density at radius 1 is 1.31 bits per heavy atom. The molecule has 0 radical (unpaired) electrons. The van der Waals surface area contributed by atoms with Gasteiger partial charge in [0.25, 0.3) is 0 Å². The Labute approximate surface area is 92.6 Å². The van der Waals surface area contributed by atoms with Gasteiger partial charge in [-0.3, -0.25) is 4.90 Å². The molecule has 2 aliphatic heterocycles. The van der Waals surface area contributed by atoms with E-state index in [1.165, 1.54) is 9.80 Å². The van der Waals surface area contributed by atoms with Crippen LogP contribution < -0.4 is 5.32 Å². The van der Waals surface area contributed by atoms with Gasteiger partial charge in [0.05, 0.1) is 18.6 Å². The molecule has 0 aromatic rings. The summed E-state index contributed by atoms with van der Waals surface area (Å²) in [5.74, 6) is 0. The lowest BCUT2D eigenvalue weighted by Gasteiger charge is -2.57. The van der Waals surface area contributed by atoms with E-state index in [4.69, 9.17) is 10.2 Å². The van der Waals surface area contributed by atoms with Crippen molar-refractivity contribution < 1.29 is 19.8 Å². The van der Waals surface area contributed by atoms with E-state index in [-0.39, 0.29) is 19.1 Å². The number of piperazine rings is 1. The Kier molecular flexibility index (Phi) is 2.42. The summed E-state index contributed by atoms with van der Waals surface area (Å²) in [6.07, 6.45) is -1.96. The van der Waals surface area contributed by atoms with Crippen LogP contribution in [0.1, 0.15) is 6.92 Å². The maximum atomic E-state index is 11.2. The van der Waals surface area contributed by atoms with Crippen LogP contribution in [0, 0.1) is 0 Å². The molecule has 7 nitrogen and oxygen atoms in total. The molecule has 2 aliphatic rings. The van der Waals surface area contributed by atoms with E-state index in [2.05, 4.69) is 5.32 Å². The van der Waals surface area contributed by atoms with Crippen molar-refractivity contribution in [3.05, 3.63) is 0 Å². The van der Waals surface area contributed by atoms with Gasteiger partial charge in [0, 0.05) is 19.1 Å². The van der Waals surface area contributed by atoms with Crippen molar-refractivity contribution >= 4 is 12.2 Å². The molecule has 0 saturated carbocycles. The molecule has 1 spiro atoms. The molecule has 2 amide bonds. The summed E-state index contributed by atoms with van der Waals surface area (Å²) in [5, 5.41) is 21.1. The van der Waals surface area contributed by atoms with Gasteiger partial charge in [-0.25, -0.2) is 9.59 Å². The van der Waals surface area contributed by atoms with E-state index < -0.39 is 17.7 Å². The maximum absolute atomic E-state index is 11.2. The van der Waals surface area contributed by atoms with Crippen molar-refractivity contribution in [2.45, 2.75) is 18.5 Å². The van der Waals surface area contributed by atoms with Crippen LogP contribution in [0.3, 0.4) is 0 Å². The van der Waals surface area contributed by atoms with Gasteiger partial charge in [-0.05, 0) is 6.92 Å². The zero-order valence-corrected chi connectivity index (χ0v) is 9.01. The van der Waals surface area contributed by atoms with Gasteiger partial charge in [-0.15, -0.1) is 0 Å². The number of rotatable bonds is 0. The van der Waals surface area contributed by atoms with E-state index in [1.807, 2.05) is 6.92 Å². The fourth-order valence-corrected chi connectivity index (χ4v) is 2.61. The minimum atomic E-state index is -0.991. The standard InChI is InChI=1S/C9H15N3O4/c1-6-2-10-3-9(12(6)8(15)16)4-11(5-9)7(13)14/h6,10H,2-5H2,1H3,(H,13,14)(H,15,16)/t6-/m0/s1. The molecule has 0 unspecified atom stereocenters. The molecule has 0 bridgehead atoms. The Hall–Kier alpha value is -1.50. The summed E-state index contributed by atoms with van der Waals surface area (Å²) in [7, 11) is 0. The summed E-state index contributed by atoms with van der Waals surface area (Å²) in [6, 6.07) is -0.123. The molecule has 0 aromatic carbocycles. The van der Waals surface area contributed by atoms with E-state index in [0.29, 0.717) is 13.1 Å². The summed E-state index contributed by atoms with van der Waals surface area (Å²) in [4.78, 5) is 24.5. The molecule has 16 heavy (non-hydrogen) atoms. The fraction of sp³-hybridized carbons (Fsp3) is 0.778. The highest BCUT2D eigenvalue weighted by atomic mass is 16.4. The first-order valence-corrected chi connectivity index (χ1v) is 5.17. The summed E-state index contributed by atoms with van der Waals surface area (Å²) in [5.41, 5.74) is -0.568. The average molecular weight is 229 g/mol. The van der Waals surface area contributed by atoms with Gasteiger partial charge in [0.2, 0.25) is 0 Å². The molecular formula is C9H15N3O4. The predicted octanol–water partition coefficient (Wildman–Crippen LogP) is -0.309. The average Bonchev–Trinajstić information content (AvgIpc) is 2.12. The van der Waals surface area contributed by atoms with Gasteiger partial charge < -0.3 is 20.4 Å². The first-order valence-electron chi connectivity index (χ1n) is 5.17. The Morgan fingerprint density at radius 2 is 1.94 bits per heavy atom. The van der Waals surface area contributed by atoms with Crippen molar-refractivity contribution in [2.75, 3.05) is 26.2 Å². The number of hydrogen-bond acceptors (Lipinski definition) is 3. The molecule has 2 rings (SSSR count). The highest BCUT2D eigenvalue weighted by molar-refractivity contribution is 5.71. The second kappa shape index (κ2) is 3.51. The van der Waals surface area contributed by atoms with Crippen LogP contribution in [0.5, 0.6) is 0 Å². The topological polar surface area (TPSA) is 93.1 Å². The molecule has 2 fully saturated rings. The smallest absolute Gasteiger partial charge is 0.408 e. The number of likely N-dealkylation sites (tertiary alicyclic amines) is 1. The minimum Gasteiger partial charge on any atom is -0.465 e. The third-order valence-corrected chi connectivity index (χ3v) is 3.29. The van der Waals surface area contributed by atoms with Crippen LogP contribution in [0.4, 0.5) is 9.59 Å². The van der Waals surface area contributed by atoms with Crippen LogP contribution in [0.25, 0.3) is 0 Å². The third kappa shape index (κ3) is 1.47. The second-order valence-corrected chi connectivity index (χ2v) is 4.50. The lowest BCUT2D eigenvalue weighted by atomic mass is 9.85. The van der Waals surface area contributed by atoms with Crippen LogP contribution in [-0.4, -0.2) is 70.0 Å². The minimum absolute atomic E-state index is 0.123. The lowest BCUT2D eigenvalue weighted by Crippen LogP contribution is -2.79. The second-order valence-electron chi connectivity index (χ2n) is 4.50. The SMILES string of the molecule is C[C@H]1CNCC2(CN(C(=O)O)C2)N1C(=O)O. The third-order valence-electron chi connectivity index (χ3n) is 3.29. The normalized spacial score (nSPS) is 27.7. The molecule has 90 valence electrons.